The molecule has 2 N–H and O–H groups in total. The molecule has 0 radical (unpaired) electrons. The Bertz CT molecular complexity index is 263. The Balaban J connectivity index is 3.02. The van der Waals surface area contributed by atoms with E-state index in [1.165, 1.54) is 0 Å². The first-order chi connectivity index (χ1) is 5.54. The molecule has 0 aliphatic rings. The number of hydrogen-bond donors (Lipinski definition) is 1. The second kappa shape index (κ2) is 3.19. The van der Waals surface area contributed by atoms with Crippen molar-refractivity contribution in [1.82, 2.24) is 9.97 Å². The van der Waals surface area contributed by atoms with Crippen LogP contribution in [-0.2, 0) is 12.0 Å². The van der Waals surface area contributed by atoms with Gasteiger partial charge in [-0.25, -0.2) is 9.97 Å². The van der Waals surface area contributed by atoms with E-state index < -0.39 is 5.54 Å². The summed E-state index contributed by atoms with van der Waals surface area (Å²) in [6.07, 6.45) is 2.68. The predicted molar refractivity (Wildman–Crippen MR) is 48.6 cm³/mol. The lowest BCUT2D eigenvalue weighted by atomic mass is 10.1. The van der Waals surface area contributed by atoms with Gasteiger partial charge in [-0.15, -0.1) is 0 Å². The molecule has 3 nitrogen and oxygen atoms in total. The summed E-state index contributed by atoms with van der Waals surface area (Å²) in [6, 6.07) is 1.91. The molecule has 12 heavy (non-hydrogen) atoms. The molecule has 0 aromatic carbocycles. The second-order valence-electron chi connectivity index (χ2n) is 3.45. The van der Waals surface area contributed by atoms with Crippen LogP contribution in [0.3, 0.4) is 0 Å². The number of aryl methyl sites for hydroxylation is 1. The first-order valence-corrected chi connectivity index (χ1v) is 4.15. The molecule has 1 heterocycles. The lowest BCUT2D eigenvalue weighted by molar-refractivity contribution is 0.511. The van der Waals surface area contributed by atoms with Gasteiger partial charge in [-0.2, -0.15) is 0 Å². The summed E-state index contributed by atoms with van der Waals surface area (Å²) in [5.41, 5.74) is 6.46. The fourth-order valence-electron chi connectivity index (χ4n) is 0.903. The molecule has 0 bridgehead atoms. The average Bonchev–Trinajstić information content (AvgIpc) is 2.03. The first kappa shape index (κ1) is 9.13. The molecule has 0 saturated carbocycles. The molecular formula is C9H15N3. The number of aromatic nitrogens is 2. The van der Waals surface area contributed by atoms with Crippen LogP contribution in [0.4, 0.5) is 0 Å². The van der Waals surface area contributed by atoms with E-state index in [1.807, 2.05) is 19.9 Å². The van der Waals surface area contributed by atoms with E-state index in [0.717, 1.165) is 12.1 Å². The Morgan fingerprint density at radius 2 is 2.17 bits per heavy atom. The van der Waals surface area contributed by atoms with Crippen LogP contribution in [-0.4, -0.2) is 9.97 Å². The maximum absolute atomic E-state index is 5.86. The molecule has 1 rings (SSSR count). The fourth-order valence-corrected chi connectivity index (χ4v) is 0.903. The zero-order valence-corrected chi connectivity index (χ0v) is 7.83. The Labute approximate surface area is 73.0 Å². The summed E-state index contributed by atoms with van der Waals surface area (Å²) in [7, 11) is 0. The van der Waals surface area contributed by atoms with Crippen molar-refractivity contribution >= 4 is 0 Å². The average molecular weight is 165 g/mol. The van der Waals surface area contributed by atoms with E-state index in [-0.39, 0.29) is 0 Å². The van der Waals surface area contributed by atoms with Crippen molar-refractivity contribution in [1.29, 1.82) is 0 Å². The van der Waals surface area contributed by atoms with Gasteiger partial charge in [-0.3, -0.25) is 0 Å². The predicted octanol–water partition coefficient (Wildman–Crippen LogP) is 1.23. The van der Waals surface area contributed by atoms with Crippen LogP contribution in [0.2, 0.25) is 0 Å². The molecule has 0 aliphatic carbocycles. The van der Waals surface area contributed by atoms with Crippen molar-refractivity contribution in [2.75, 3.05) is 0 Å². The van der Waals surface area contributed by atoms with Crippen molar-refractivity contribution in [3.8, 4) is 0 Å². The van der Waals surface area contributed by atoms with E-state index in [0.29, 0.717) is 5.82 Å². The van der Waals surface area contributed by atoms with E-state index in [4.69, 9.17) is 5.73 Å². The van der Waals surface area contributed by atoms with Crippen molar-refractivity contribution in [3.05, 3.63) is 23.8 Å². The van der Waals surface area contributed by atoms with Crippen molar-refractivity contribution < 1.29 is 0 Å². The number of nitrogens with zero attached hydrogens (tertiary/aromatic N) is 2. The van der Waals surface area contributed by atoms with Crippen molar-refractivity contribution in [2.24, 2.45) is 5.73 Å². The summed E-state index contributed by atoms with van der Waals surface area (Å²) in [4.78, 5) is 8.45. The van der Waals surface area contributed by atoms with Gasteiger partial charge in [0.2, 0.25) is 0 Å². The molecule has 0 fully saturated rings. The molecule has 0 amide bonds. The SMILES string of the molecule is CCc1ccnc(C(C)(C)N)n1. The minimum atomic E-state index is -0.439. The van der Waals surface area contributed by atoms with Crippen molar-refractivity contribution in [3.63, 3.8) is 0 Å². The maximum atomic E-state index is 5.86. The Morgan fingerprint density at radius 3 is 2.67 bits per heavy atom. The summed E-state index contributed by atoms with van der Waals surface area (Å²) in [5, 5.41) is 0. The molecule has 0 atom stereocenters. The molecule has 66 valence electrons. The summed E-state index contributed by atoms with van der Waals surface area (Å²) in [6.45, 7) is 5.87. The third kappa shape index (κ3) is 2.01. The minimum absolute atomic E-state index is 0.439. The fraction of sp³-hybridized carbons (Fsp3) is 0.556. The Hall–Kier alpha value is -0.960. The van der Waals surface area contributed by atoms with Gasteiger partial charge in [-0.1, -0.05) is 6.92 Å². The molecule has 0 aliphatic heterocycles. The molecule has 1 aromatic rings. The number of hydrogen-bond acceptors (Lipinski definition) is 3. The Kier molecular flexibility index (Phi) is 2.43. The highest BCUT2D eigenvalue weighted by Crippen LogP contribution is 2.11. The lowest BCUT2D eigenvalue weighted by Crippen LogP contribution is -2.31. The van der Waals surface area contributed by atoms with Crippen molar-refractivity contribution in [2.45, 2.75) is 32.7 Å². The quantitative estimate of drug-likeness (QED) is 0.717. The largest absolute Gasteiger partial charge is 0.319 e. The van der Waals surface area contributed by atoms with Crippen LogP contribution in [0.25, 0.3) is 0 Å². The van der Waals surface area contributed by atoms with Crippen LogP contribution in [0.1, 0.15) is 32.3 Å². The number of rotatable bonds is 2. The van der Waals surface area contributed by atoms with Gasteiger partial charge in [-0.05, 0) is 26.3 Å². The van der Waals surface area contributed by atoms with Gasteiger partial charge >= 0.3 is 0 Å². The van der Waals surface area contributed by atoms with E-state index >= 15 is 0 Å². The molecule has 0 saturated heterocycles. The van der Waals surface area contributed by atoms with Crippen LogP contribution >= 0.6 is 0 Å². The van der Waals surface area contributed by atoms with Gasteiger partial charge in [0.25, 0.3) is 0 Å². The summed E-state index contributed by atoms with van der Waals surface area (Å²) in [5.74, 6) is 0.710. The van der Waals surface area contributed by atoms with Gasteiger partial charge < -0.3 is 5.73 Å². The third-order valence-electron chi connectivity index (χ3n) is 1.65. The first-order valence-electron chi connectivity index (χ1n) is 4.15. The monoisotopic (exact) mass is 165 g/mol. The molecule has 1 aromatic heterocycles. The highest BCUT2D eigenvalue weighted by atomic mass is 14.9. The van der Waals surface area contributed by atoms with E-state index in [1.54, 1.807) is 6.20 Å². The standard InChI is InChI=1S/C9H15N3/c1-4-7-5-6-11-8(12-7)9(2,3)10/h5-6H,4,10H2,1-3H3. The Morgan fingerprint density at radius 1 is 1.50 bits per heavy atom. The van der Waals surface area contributed by atoms with Crippen LogP contribution in [0, 0.1) is 0 Å². The van der Waals surface area contributed by atoms with Gasteiger partial charge in [0.05, 0.1) is 5.54 Å². The van der Waals surface area contributed by atoms with Crippen LogP contribution in [0.15, 0.2) is 12.3 Å². The zero-order chi connectivity index (χ0) is 9.19. The maximum Gasteiger partial charge on any atom is 0.147 e. The number of nitrogens with two attached hydrogens (primary N) is 1. The second-order valence-corrected chi connectivity index (χ2v) is 3.45. The molecular weight excluding hydrogens is 150 g/mol. The van der Waals surface area contributed by atoms with Gasteiger partial charge in [0, 0.05) is 11.9 Å². The van der Waals surface area contributed by atoms with Gasteiger partial charge in [0.1, 0.15) is 5.82 Å². The highest BCUT2D eigenvalue weighted by Gasteiger charge is 2.17. The smallest absolute Gasteiger partial charge is 0.147 e. The zero-order valence-electron chi connectivity index (χ0n) is 7.83. The minimum Gasteiger partial charge on any atom is -0.319 e. The summed E-state index contributed by atoms with van der Waals surface area (Å²) < 4.78 is 0. The normalized spacial score (nSPS) is 11.7. The topological polar surface area (TPSA) is 51.8 Å². The van der Waals surface area contributed by atoms with Crippen LogP contribution in [0.5, 0.6) is 0 Å². The molecule has 0 unspecified atom stereocenters. The van der Waals surface area contributed by atoms with E-state index in [2.05, 4.69) is 16.9 Å². The molecule has 3 heteroatoms. The lowest BCUT2D eigenvalue weighted by Gasteiger charge is -2.16. The highest BCUT2D eigenvalue weighted by molar-refractivity contribution is 5.07. The van der Waals surface area contributed by atoms with Crippen LogP contribution < -0.4 is 5.73 Å². The van der Waals surface area contributed by atoms with Gasteiger partial charge in [0.15, 0.2) is 0 Å². The van der Waals surface area contributed by atoms with E-state index in [9.17, 15) is 0 Å². The third-order valence-corrected chi connectivity index (χ3v) is 1.65. The summed E-state index contributed by atoms with van der Waals surface area (Å²) >= 11 is 0. The molecule has 0 spiro atoms.